The van der Waals surface area contributed by atoms with Crippen molar-refractivity contribution in [1.82, 2.24) is 10.6 Å². The number of aryl methyl sites for hydroxylation is 1. The maximum atomic E-state index is 12.2. The van der Waals surface area contributed by atoms with Crippen LogP contribution in [0.5, 0.6) is 0 Å². The van der Waals surface area contributed by atoms with E-state index in [1.54, 1.807) is 18.4 Å². The summed E-state index contributed by atoms with van der Waals surface area (Å²) in [6, 6.07) is 10.2. The molecule has 8 heteroatoms. The Balaban J connectivity index is 1.37. The number of hydrogen-bond acceptors (Lipinski definition) is 4. The standard InChI is InChI=1S/C21H28ClN5OS/c1-15-5-6-18(17(22)14-15)26-19(28)7-10-24-21(23-2)25-16-8-11-27(12-9-16)20-4-3-13-29-20/h3-6,13-14,16H,7-12H2,1-2H3,(H,26,28)(H2,23,24,25). The fourth-order valence-corrected chi connectivity index (χ4v) is 4.38. The molecule has 1 aromatic carbocycles. The van der Waals surface area contributed by atoms with Gasteiger partial charge in [-0.25, -0.2) is 0 Å². The average Bonchev–Trinajstić information content (AvgIpc) is 3.25. The number of nitrogens with zero attached hydrogens (tertiary/aromatic N) is 2. The summed E-state index contributed by atoms with van der Waals surface area (Å²) < 4.78 is 0. The van der Waals surface area contributed by atoms with E-state index >= 15 is 0 Å². The SMILES string of the molecule is CN=C(NCCC(=O)Nc1ccc(C)cc1Cl)NC1CCN(c2cccs2)CC1. The second-order valence-electron chi connectivity index (χ2n) is 7.14. The number of hydrogen-bond donors (Lipinski definition) is 3. The van der Waals surface area contributed by atoms with Gasteiger partial charge in [0.1, 0.15) is 0 Å². The van der Waals surface area contributed by atoms with Gasteiger partial charge in [0, 0.05) is 39.1 Å². The number of rotatable bonds is 6. The topological polar surface area (TPSA) is 68.8 Å². The maximum Gasteiger partial charge on any atom is 0.226 e. The zero-order valence-electron chi connectivity index (χ0n) is 16.9. The molecule has 0 radical (unpaired) electrons. The van der Waals surface area contributed by atoms with Crippen molar-refractivity contribution in [3.05, 3.63) is 46.3 Å². The molecule has 0 aliphatic carbocycles. The van der Waals surface area contributed by atoms with Crippen molar-refractivity contribution in [1.29, 1.82) is 0 Å². The van der Waals surface area contributed by atoms with Gasteiger partial charge in [-0.05, 0) is 55.0 Å². The lowest BCUT2D eigenvalue weighted by Crippen LogP contribution is -2.49. The number of anilines is 2. The summed E-state index contributed by atoms with van der Waals surface area (Å²) in [7, 11) is 1.75. The number of benzene rings is 1. The van der Waals surface area contributed by atoms with Gasteiger partial charge >= 0.3 is 0 Å². The number of guanidine groups is 1. The highest BCUT2D eigenvalue weighted by Crippen LogP contribution is 2.25. The van der Waals surface area contributed by atoms with Crippen LogP contribution in [0.1, 0.15) is 24.8 Å². The predicted molar refractivity (Wildman–Crippen MR) is 123 cm³/mol. The van der Waals surface area contributed by atoms with E-state index in [4.69, 9.17) is 11.6 Å². The van der Waals surface area contributed by atoms with Gasteiger partial charge in [0.25, 0.3) is 0 Å². The molecule has 2 heterocycles. The van der Waals surface area contributed by atoms with Crippen LogP contribution in [0.3, 0.4) is 0 Å². The third-order valence-corrected chi connectivity index (χ3v) is 6.16. The van der Waals surface area contributed by atoms with Gasteiger partial charge in [0.2, 0.25) is 5.91 Å². The quantitative estimate of drug-likeness (QED) is 0.477. The van der Waals surface area contributed by atoms with Gasteiger partial charge < -0.3 is 20.9 Å². The van der Waals surface area contributed by atoms with Gasteiger partial charge in [0.05, 0.1) is 15.7 Å². The summed E-state index contributed by atoms with van der Waals surface area (Å²) >= 11 is 7.96. The Labute approximate surface area is 181 Å². The summed E-state index contributed by atoms with van der Waals surface area (Å²) in [6.45, 7) is 4.54. The summed E-state index contributed by atoms with van der Waals surface area (Å²) in [6.07, 6.45) is 2.46. The molecule has 3 N–H and O–H groups in total. The molecule has 1 aliphatic rings. The molecule has 2 aromatic rings. The molecule has 1 aliphatic heterocycles. The number of halogens is 1. The maximum absolute atomic E-state index is 12.2. The lowest BCUT2D eigenvalue weighted by Gasteiger charge is -2.33. The van der Waals surface area contributed by atoms with Crippen LogP contribution in [-0.2, 0) is 4.79 Å². The molecule has 1 amide bonds. The van der Waals surface area contributed by atoms with Crippen molar-refractivity contribution in [3.8, 4) is 0 Å². The fraction of sp³-hybridized carbons (Fsp3) is 0.429. The summed E-state index contributed by atoms with van der Waals surface area (Å²) in [5.74, 6) is 0.656. The lowest BCUT2D eigenvalue weighted by molar-refractivity contribution is -0.116. The van der Waals surface area contributed by atoms with Crippen molar-refractivity contribution in [2.45, 2.75) is 32.2 Å². The molecule has 1 saturated heterocycles. The van der Waals surface area contributed by atoms with Gasteiger partial charge in [-0.3, -0.25) is 9.79 Å². The largest absolute Gasteiger partial charge is 0.363 e. The number of aliphatic imine (C=N–C) groups is 1. The van der Waals surface area contributed by atoms with Crippen LogP contribution in [0.15, 0.2) is 40.7 Å². The lowest BCUT2D eigenvalue weighted by atomic mass is 10.1. The molecular formula is C21H28ClN5OS. The molecule has 0 unspecified atom stereocenters. The van der Waals surface area contributed by atoms with Gasteiger partial charge in [0.15, 0.2) is 5.96 Å². The molecule has 1 aromatic heterocycles. The van der Waals surface area contributed by atoms with E-state index in [9.17, 15) is 4.79 Å². The Morgan fingerprint density at radius 2 is 2.10 bits per heavy atom. The van der Waals surface area contributed by atoms with Crippen LogP contribution in [0.2, 0.25) is 5.02 Å². The molecule has 0 saturated carbocycles. The van der Waals surface area contributed by atoms with E-state index in [2.05, 4.69) is 43.4 Å². The minimum atomic E-state index is -0.0806. The smallest absolute Gasteiger partial charge is 0.226 e. The molecule has 6 nitrogen and oxygen atoms in total. The first-order chi connectivity index (χ1) is 14.0. The normalized spacial score (nSPS) is 15.3. The molecule has 0 bridgehead atoms. The Morgan fingerprint density at radius 3 is 2.76 bits per heavy atom. The highest BCUT2D eigenvalue weighted by Gasteiger charge is 2.20. The van der Waals surface area contributed by atoms with Crippen LogP contribution in [0.25, 0.3) is 0 Å². The predicted octanol–water partition coefficient (Wildman–Crippen LogP) is 3.87. The monoisotopic (exact) mass is 433 g/mol. The van der Waals surface area contributed by atoms with Gasteiger partial charge in [-0.1, -0.05) is 17.7 Å². The first-order valence-corrected chi connectivity index (χ1v) is 11.1. The summed E-state index contributed by atoms with van der Waals surface area (Å²) in [5, 5.41) is 13.6. The minimum Gasteiger partial charge on any atom is -0.363 e. The Hall–Kier alpha value is -2.25. The highest BCUT2D eigenvalue weighted by atomic mass is 35.5. The van der Waals surface area contributed by atoms with Crippen molar-refractivity contribution < 1.29 is 4.79 Å². The minimum absolute atomic E-state index is 0.0806. The second-order valence-corrected chi connectivity index (χ2v) is 8.47. The number of thiophene rings is 1. The molecule has 3 rings (SSSR count). The van der Waals surface area contributed by atoms with Crippen LogP contribution < -0.4 is 20.9 Å². The van der Waals surface area contributed by atoms with E-state index in [1.807, 2.05) is 25.1 Å². The van der Waals surface area contributed by atoms with Crippen LogP contribution in [0, 0.1) is 6.92 Å². The molecule has 1 fully saturated rings. The Morgan fingerprint density at radius 1 is 1.31 bits per heavy atom. The molecular weight excluding hydrogens is 406 g/mol. The van der Waals surface area contributed by atoms with E-state index in [0.717, 1.165) is 37.5 Å². The molecule has 156 valence electrons. The van der Waals surface area contributed by atoms with E-state index in [0.29, 0.717) is 29.7 Å². The van der Waals surface area contributed by atoms with Crippen molar-refractivity contribution in [2.75, 3.05) is 36.9 Å². The highest BCUT2D eigenvalue weighted by molar-refractivity contribution is 7.14. The van der Waals surface area contributed by atoms with Crippen molar-refractivity contribution in [3.63, 3.8) is 0 Å². The molecule has 29 heavy (non-hydrogen) atoms. The van der Waals surface area contributed by atoms with E-state index in [-0.39, 0.29) is 5.91 Å². The number of amides is 1. The first-order valence-electron chi connectivity index (χ1n) is 9.87. The Bertz CT molecular complexity index is 832. The summed E-state index contributed by atoms with van der Waals surface area (Å²) in [4.78, 5) is 18.9. The zero-order chi connectivity index (χ0) is 20.6. The Kier molecular flexibility index (Phi) is 7.77. The van der Waals surface area contributed by atoms with Crippen LogP contribution in [0.4, 0.5) is 10.7 Å². The number of carbonyl (C=O) groups is 1. The van der Waals surface area contributed by atoms with Crippen LogP contribution in [-0.4, -0.2) is 44.6 Å². The molecule has 0 spiro atoms. The average molecular weight is 434 g/mol. The second kappa shape index (κ2) is 10.5. The van der Waals surface area contributed by atoms with E-state index < -0.39 is 0 Å². The van der Waals surface area contributed by atoms with Crippen LogP contribution >= 0.6 is 22.9 Å². The van der Waals surface area contributed by atoms with Gasteiger partial charge in [-0.2, -0.15) is 0 Å². The third kappa shape index (κ3) is 6.37. The van der Waals surface area contributed by atoms with E-state index in [1.165, 1.54) is 5.00 Å². The van der Waals surface area contributed by atoms with Crippen molar-refractivity contribution in [2.24, 2.45) is 4.99 Å². The number of carbonyl (C=O) groups excluding carboxylic acids is 1. The summed E-state index contributed by atoms with van der Waals surface area (Å²) in [5.41, 5.74) is 1.70. The number of nitrogens with one attached hydrogen (secondary N) is 3. The first kappa shape index (κ1) is 21.5. The number of piperidine rings is 1. The zero-order valence-corrected chi connectivity index (χ0v) is 18.4. The van der Waals surface area contributed by atoms with Crippen molar-refractivity contribution >= 4 is 45.5 Å². The third-order valence-electron chi connectivity index (χ3n) is 4.92. The molecule has 0 atom stereocenters. The fourth-order valence-electron chi connectivity index (χ4n) is 3.31. The van der Waals surface area contributed by atoms with Gasteiger partial charge in [-0.15, -0.1) is 11.3 Å².